The fourth-order valence-electron chi connectivity index (χ4n) is 4.42. The van der Waals surface area contributed by atoms with Crippen LogP contribution in [0, 0.1) is 41.5 Å². The molecule has 0 aliphatic rings. The van der Waals surface area contributed by atoms with Crippen LogP contribution in [0.25, 0.3) is 0 Å². The van der Waals surface area contributed by atoms with Gasteiger partial charge in [-0.15, -0.1) is 0 Å². The summed E-state index contributed by atoms with van der Waals surface area (Å²) in [6, 6.07) is 18.4. The van der Waals surface area contributed by atoms with E-state index in [0.717, 1.165) is 50.4 Å². The smallest absolute Gasteiger partial charge is 0.151 e. The van der Waals surface area contributed by atoms with E-state index in [1.807, 2.05) is 88.9 Å². The van der Waals surface area contributed by atoms with Crippen molar-refractivity contribution in [2.45, 2.75) is 41.5 Å². The molecular weight excluding hydrogens is 438 g/mol. The van der Waals surface area contributed by atoms with Crippen LogP contribution in [0.5, 0.6) is 28.7 Å². The van der Waals surface area contributed by atoms with Crippen molar-refractivity contribution < 1.29 is 20.1 Å². The van der Waals surface area contributed by atoms with Gasteiger partial charge in [0.05, 0.1) is 17.1 Å². The van der Waals surface area contributed by atoms with E-state index in [0.29, 0.717) is 11.5 Å². The third kappa shape index (κ3) is 4.37. The zero-order valence-corrected chi connectivity index (χ0v) is 21.0. The molecule has 4 aromatic carbocycles. The quantitative estimate of drug-likeness (QED) is 0.277. The van der Waals surface area contributed by atoms with E-state index in [2.05, 4.69) is 0 Å². The Balaban J connectivity index is 2.01. The van der Waals surface area contributed by atoms with E-state index >= 15 is 0 Å². The SMILES string of the molecule is Cc1cc(Oc2ccccc2N(c2c(C)ccc(O)c2C)c2c(C)ccc(O)c2C)c(C)cc1O. The molecule has 0 spiro atoms. The number of para-hydroxylation sites is 2. The summed E-state index contributed by atoms with van der Waals surface area (Å²) in [7, 11) is 0. The van der Waals surface area contributed by atoms with E-state index < -0.39 is 0 Å². The standard InChI is InChI=1S/C30H31NO4/c1-17-11-13-24(32)21(5)29(17)31(30-18(2)12-14-25(33)22(30)6)23-9-7-8-10-27(23)35-28-16-19(3)26(34)15-20(28)4/h7-16,32-34H,1-6H3. The van der Waals surface area contributed by atoms with Crippen molar-refractivity contribution in [3.8, 4) is 28.7 Å². The zero-order valence-electron chi connectivity index (χ0n) is 21.0. The lowest BCUT2D eigenvalue weighted by molar-refractivity contribution is 0.458. The molecule has 5 heteroatoms. The van der Waals surface area contributed by atoms with Crippen LogP contribution in [0.2, 0.25) is 0 Å². The van der Waals surface area contributed by atoms with Crippen molar-refractivity contribution in [1.82, 2.24) is 0 Å². The molecule has 35 heavy (non-hydrogen) atoms. The second kappa shape index (κ2) is 9.26. The summed E-state index contributed by atoms with van der Waals surface area (Å²) < 4.78 is 6.44. The predicted octanol–water partition coefficient (Wildman–Crippen LogP) is 7.92. The largest absolute Gasteiger partial charge is 0.508 e. The van der Waals surface area contributed by atoms with Gasteiger partial charge in [0.15, 0.2) is 5.75 Å². The Morgan fingerprint density at radius 2 is 1.09 bits per heavy atom. The average Bonchev–Trinajstić information content (AvgIpc) is 2.82. The van der Waals surface area contributed by atoms with E-state index in [1.165, 1.54) is 0 Å². The Bertz CT molecular complexity index is 1370. The number of ether oxygens (including phenoxy) is 1. The maximum atomic E-state index is 10.6. The van der Waals surface area contributed by atoms with Crippen molar-refractivity contribution in [2.75, 3.05) is 4.90 Å². The van der Waals surface area contributed by atoms with Gasteiger partial charge in [-0.2, -0.15) is 0 Å². The molecule has 0 aliphatic carbocycles. The first-order chi connectivity index (χ1) is 16.6. The maximum absolute atomic E-state index is 10.6. The second-order valence-electron chi connectivity index (χ2n) is 9.06. The summed E-state index contributed by atoms with van der Waals surface area (Å²) in [4.78, 5) is 2.05. The van der Waals surface area contributed by atoms with Crippen molar-refractivity contribution in [3.05, 3.63) is 94.0 Å². The highest BCUT2D eigenvalue weighted by molar-refractivity contribution is 5.87. The number of nitrogens with zero attached hydrogens (tertiary/aromatic N) is 1. The predicted molar refractivity (Wildman–Crippen MR) is 141 cm³/mol. The van der Waals surface area contributed by atoms with E-state index in [4.69, 9.17) is 4.74 Å². The number of aromatic hydroxyl groups is 3. The van der Waals surface area contributed by atoms with Gasteiger partial charge >= 0.3 is 0 Å². The second-order valence-corrected chi connectivity index (χ2v) is 9.06. The molecular formula is C30H31NO4. The monoisotopic (exact) mass is 469 g/mol. The van der Waals surface area contributed by atoms with E-state index in [-0.39, 0.29) is 17.2 Å². The molecule has 0 heterocycles. The number of anilines is 3. The number of phenols is 3. The third-order valence-electron chi connectivity index (χ3n) is 6.48. The molecule has 0 saturated heterocycles. The first kappa shape index (κ1) is 24.0. The molecule has 0 aromatic heterocycles. The Labute approximate surface area is 206 Å². The highest BCUT2D eigenvalue weighted by Crippen LogP contribution is 2.49. The Morgan fingerprint density at radius 1 is 0.543 bits per heavy atom. The van der Waals surface area contributed by atoms with Crippen molar-refractivity contribution in [2.24, 2.45) is 0 Å². The highest BCUT2D eigenvalue weighted by Gasteiger charge is 2.25. The van der Waals surface area contributed by atoms with Gasteiger partial charge in [-0.25, -0.2) is 0 Å². The van der Waals surface area contributed by atoms with Crippen LogP contribution in [0.15, 0.2) is 60.7 Å². The number of benzene rings is 4. The number of hydrogen-bond acceptors (Lipinski definition) is 5. The summed E-state index contributed by atoms with van der Waals surface area (Å²) in [6.07, 6.45) is 0. The number of rotatable bonds is 5. The van der Waals surface area contributed by atoms with Gasteiger partial charge in [0.1, 0.15) is 23.0 Å². The Hall–Kier alpha value is -4.12. The molecule has 0 fully saturated rings. The van der Waals surface area contributed by atoms with Gasteiger partial charge in [0.2, 0.25) is 0 Å². The molecule has 4 rings (SSSR count). The van der Waals surface area contributed by atoms with Gasteiger partial charge in [-0.05, 0) is 100 Å². The molecule has 0 atom stereocenters. The van der Waals surface area contributed by atoms with Crippen molar-refractivity contribution in [1.29, 1.82) is 0 Å². The van der Waals surface area contributed by atoms with Gasteiger partial charge in [0, 0.05) is 11.1 Å². The lowest BCUT2D eigenvalue weighted by Gasteiger charge is -2.32. The first-order valence-corrected chi connectivity index (χ1v) is 11.6. The molecule has 5 nitrogen and oxygen atoms in total. The van der Waals surface area contributed by atoms with Crippen molar-refractivity contribution >= 4 is 17.1 Å². The fraction of sp³-hybridized carbons (Fsp3) is 0.200. The van der Waals surface area contributed by atoms with Crippen LogP contribution in [0.1, 0.15) is 33.4 Å². The highest BCUT2D eigenvalue weighted by atomic mass is 16.5. The average molecular weight is 470 g/mol. The van der Waals surface area contributed by atoms with Gasteiger partial charge in [-0.3, -0.25) is 0 Å². The van der Waals surface area contributed by atoms with Crippen LogP contribution < -0.4 is 9.64 Å². The lowest BCUT2D eigenvalue weighted by atomic mass is 10.0. The lowest BCUT2D eigenvalue weighted by Crippen LogP contribution is -2.16. The summed E-state index contributed by atoms with van der Waals surface area (Å²) in [5.74, 6) is 1.84. The summed E-state index contributed by atoms with van der Waals surface area (Å²) in [5, 5.41) is 31.3. The van der Waals surface area contributed by atoms with Gasteiger partial charge in [-0.1, -0.05) is 24.3 Å². The van der Waals surface area contributed by atoms with Gasteiger partial charge in [0.25, 0.3) is 0 Å². The molecule has 0 aliphatic heterocycles. The molecule has 0 unspecified atom stereocenters. The normalized spacial score (nSPS) is 10.9. The van der Waals surface area contributed by atoms with Crippen LogP contribution in [0.3, 0.4) is 0 Å². The minimum absolute atomic E-state index is 0.189. The van der Waals surface area contributed by atoms with Crippen LogP contribution >= 0.6 is 0 Å². The molecule has 180 valence electrons. The Kier molecular flexibility index (Phi) is 6.35. The van der Waals surface area contributed by atoms with E-state index in [1.54, 1.807) is 18.2 Å². The molecule has 0 amide bonds. The molecule has 0 bridgehead atoms. The summed E-state index contributed by atoms with van der Waals surface area (Å²) in [6.45, 7) is 11.5. The number of aryl methyl sites for hydroxylation is 4. The maximum Gasteiger partial charge on any atom is 0.151 e. The van der Waals surface area contributed by atoms with Crippen LogP contribution in [0.4, 0.5) is 17.1 Å². The zero-order chi connectivity index (χ0) is 25.4. The van der Waals surface area contributed by atoms with Crippen LogP contribution in [-0.4, -0.2) is 15.3 Å². The van der Waals surface area contributed by atoms with Gasteiger partial charge < -0.3 is 25.0 Å². The molecule has 4 aromatic rings. The fourth-order valence-corrected chi connectivity index (χ4v) is 4.42. The topological polar surface area (TPSA) is 73.2 Å². The first-order valence-electron chi connectivity index (χ1n) is 11.6. The number of hydrogen-bond donors (Lipinski definition) is 3. The number of phenolic OH excluding ortho intramolecular Hbond substituents is 3. The van der Waals surface area contributed by atoms with Crippen molar-refractivity contribution in [3.63, 3.8) is 0 Å². The molecule has 0 radical (unpaired) electrons. The Morgan fingerprint density at radius 3 is 1.66 bits per heavy atom. The summed E-state index contributed by atoms with van der Waals surface area (Å²) >= 11 is 0. The third-order valence-corrected chi connectivity index (χ3v) is 6.48. The summed E-state index contributed by atoms with van der Waals surface area (Å²) in [5.41, 5.74) is 7.29. The minimum Gasteiger partial charge on any atom is -0.508 e. The van der Waals surface area contributed by atoms with Crippen LogP contribution in [-0.2, 0) is 0 Å². The minimum atomic E-state index is 0.189. The molecule has 0 saturated carbocycles. The van der Waals surface area contributed by atoms with E-state index in [9.17, 15) is 15.3 Å². The molecule has 3 N–H and O–H groups in total.